The van der Waals surface area contributed by atoms with Gasteiger partial charge in [0, 0.05) is 13.1 Å². The fraction of sp³-hybridized carbons (Fsp3) is 1.00. The van der Waals surface area contributed by atoms with Crippen LogP contribution in [0.2, 0.25) is 0 Å². The molecule has 0 spiro atoms. The van der Waals surface area contributed by atoms with Gasteiger partial charge < -0.3 is 10.6 Å². The van der Waals surface area contributed by atoms with E-state index in [0.29, 0.717) is 5.41 Å². The van der Waals surface area contributed by atoms with Crippen molar-refractivity contribution in [3.63, 3.8) is 0 Å². The Labute approximate surface area is 102 Å². The molecule has 0 bridgehead atoms. The van der Waals surface area contributed by atoms with Gasteiger partial charge in [-0.25, -0.2) is 0 Å². The molecule has 1 aliphatic rings. The highest BCUT2D eigenvalue weighted by Gasteiger charge is 2.30. The minimum atomic E-state index is 0.365. The Kier molecular flexibility index (Phi) is 5.77. The van der Waals surface area contributed by atoms with Gasteiger partial charge in [-0.1, -0.05) is 20.8 Å². The van der Waals surface area contributed by atoms with Crippen molar-refractivity contribution in [2.75, 3.05) is 26.2 Å². The molecule has 1 saturated carbocycles. The third-order valence-corrected chi connectivity index (χ3v) is 4.25. The summed E-state index contributed by atoms with van der Waals surface area (Å²) in [6.07, 6.45) is 6.60. The molecular formula is C14H30N2. The quantitative estimate of drug-likeness (QED) is 0.655. The van der Waals surface area contributed by atoms with Gasteiger partial charge in [-0.15, -0.1) is 0 Å². The van der Waals surface area contributed by atoms with Crippen LogP contribution in [-0.4, -0.2) is 31.1 Å². The highest BCUT2D eigenvalue weighted by atomic mass is 15.1. The second-order valence-electron chi connectivity index (χ2n) is 5.59. The van der Waals surface area contributed by atoms with Crippen molar-refractivity contribution in [2.24, 2.45) is 17.1 Å². The minimum absolute atomic E-state index is 0.365. The standard InChI is InChI=1S/C14H30N2/c1-4-9-16(10-13-7-8-13)12-14(5-2,6-3)11-15/h13H,4-12,15H2,1-3H3. The van der Waals surface area contributed by atoms with Crippen LogP contribution in [-0.2, 0) is 0 Å². The molecule has 1 fully saturated rings. The van der Waals surface area contributed by atoms with Gasteiger partial charge in [0.25, 0.3) is 0 Å². The molecule has 1 rings (SSSR count). The van der Waals surface area contributed by atoms with Crippen LogP contribution in [0, 0.1) is 11.3 Å². The maximum atomic E-state index is 5.99. The molecule has 0 amide bonds. The summed E-state index contributed by atoms with van der Waals surface area (Å²) in [4.78, 5) is 2.66. The molecule has 0 saturated heterocycles. The second-order valence-corrected chi connectivity index (χ2v) is 5.59. The van der Waals surface area contributed by atoms with Crippen LogP contribution in [0.4, 0.5) is 0 Å². The average Bonchev–Trinajstić information content (AvgIpc) is 3.10. The molecule has 2 N–H and O–H groups in total. The summed E-state index contributed by atoms with van der Waals surface area (Å²) >= 11 is 0. The lowest BCUT2D eigenvalue weighted by atomic mass is 9.82. The highest BCUT2D eigenvalue weighted by molar-refractivity contribution is 4.84. The number of nitrogens with two attached hydrogens (primary N) is 1. The number of hydrogen-bond donors (Lipinski definition) is 1. The van der Waals surface area contributed by atoms with Gasteiger partial charge in [-0.05, 0) is 56.5 Å². The summed E-state index contributed by atoms with van der Waals surface area (Å²) in [6, 6.07) is 0. The van der Waals surface area contributed by atoms with Crippen molar-refractivity contribution in [1.82, 2.24) is 4.90 Å². The van der Waals surface area contributed by atoms with Gasteiger partial charge in [0.05, 0.1) is 0 Å². The van der Waals surface area contributed by atoms with E-state index in [0.717, 1.165) is 12.5 Å². The van der Waals surface area contributed by atoms with E-state index in [1.165, 1.54) is 51.7 Å². The molecule has 0 aliphatic heterocycles. The maximum Gasteiger partial charge on any atom is 0.00500 e. The van der Waals surface area contributed by atoms with Gasteiger partial charge in [0.2, 0.25) is 0 Å². The molecule has 0 aromatic rings. The normalized spacial score (nSPS) is 17.1. The Balaban J connectivity index is 2.48. The van der Waals surface area contributed by atoms with E-state index in [2.05, 4.69) is 25.7 Å². The Morgan fingerprint density at radius 1 is 1.19 bits per heavy atom. The maximum absolute atomic E-state index is 5.99. The molecule has 0 radical (unpaired) electrons. The predicted molar refractivity (Wildman–Crippen MR) is 71.5 cm³/mol. The first-order valence-electron chi connectivity index (χ1n) is 7.12. The van der Waals surface area contributed by atoms with Crippen LogP contribution in [0.3, 0.4) is 0 Å². The lowest BCUT2D eigenvalue weighted by Crippen LogP contribution is -2.43. The average molecular weight is 226 g/mol. The smallest absolute Gasteiger partial charge is 0.00500 e. The van der Waals surface area contributed by atoms with Crippen molar-refractivity contribution < 1.29 is 0 Å². The predicted octanol–water partition coefficient (Wildman–Crippen LogP) is 2.87. The van der Waals surface area contributed by atoms with Crippen molar-refractivity contribution in [3.05, 3.63) is 0 Å². The van der Waals surface area contributed by atoms with E-state index in [1.807, 2.05) is 0 Å². The SMILES string of the molecule is CCCN(CC1CC1)CC(CC)(CC)CN. The van der Waals surface area contributed by atoms with Gasteiger partial charge in [0.1, 0.15) is 0 Å². The zero-order valence-corrected chi connectivity index (χ0v) is 11.5. The molecule has 2 nitrogen and oxygen atoms in total. The summed E-state index contributed by atoms with van der Waals surface area (Å²) in [5.74, 6) is 0.996. The molecule has 0 atom stereocenters. The Morgan fingerprint density at radius 3 is 2.19 bits per heavy atom. The van der Waals surface area contributed by atoms with Crippen LogP contribution >= 0.6 is 0 Å². The molecule has 0 aromatic heterocycles. The Morgan fingerprint density at radius 2 is 1.81 bits per heavy atom. The topological polar surface area (TPSA) is 29.3 Å². The van der Waals surface area contributed by atoms with Gasteiger partial charge in [0.15, 0.2) is 0 Å². The van der Waals surface area contributed by atoms with Crippen molar-refractivity contribution in [3.8, 4) is 0 Å². The molecular weight excluding hydrogens is 196 g/mol. The van der Waals surface area contributed by atoms with Gasteiger partial charge in [-0.2, -0.15) is 0 Å². The molecule has 16 heavy (non-hydrogen) atoms. The van der Waals surface area contributed by atoms with E-state index >= 15 is 0 Å². The third kappa shape index (κ3) is 4.06. The summed E-state index contributed by atoms with van der Waals surface area (Å²) < 4.78 is 0. The zero-order chi connectivity index (χ0) is 12.0. The largest absolute Gasteiger partial charge is 0.330 e. The fourth-order valence-electron chi connectivity index (χ4n) is 2.52. The van der Waals surface area contributed by atoms with E-state index in [-0.39, 0.29) is 0 Å². The van der Waals surface area contributed by atoms with Crippen LogP contribution in [0.5, 0.6) is 0 Å². The van der Waals surface area contributed by atoms with Crippen LogP contribution in [0.25, 0.3) is 0 Å². The van der Waals surface area contributed by atoms with Crippen LogP contribution in [0.15, 0.2) is 0 Å². The van der Waals surface area contributed by atoms with E-state index in [9.17, 15) is 0 Å². The Hall–Kier alpha value is -0.0800. The molecule has 96 valence electrons. The van der Waals surface area contributed by atoms with Crippen molar-refractivity contribution in [2.45, 2.75) is 52.9 Å². The van der Waals surface area contributed by atoms with Crippen LogP contribution < -0.4 is 5.73 Å². The fourth-order valence-corrected chi connectivity index (χ4v) is 2.52. The number of nitrogens with zero attached hydrogens (tertiary/aromatic N) is 1. The van der Waals surface area contributed by atoms with Crippen molar-refractivity contribution >= 4 is 0 Å². The minimum Gasteiger partial charge on any atom is -0.330 e. The summed E-state index contributed by atoms with van der Waals surface area (Å²) in [5.41, 5.74) is 6.36. The van der Waals surface area contributed by atoms with Crippen molar-refractivity contribution in [1.29, 1.82) is 0 Å². The summed E-state index contributed by atoms with van der Waals surface area (Å²) in [5, 5.41) is 0. The highest BCUT2D eigenvalue weighted by Crippen LogP contribution is 2.32. The van der Waals surface area contributed by atoms with Gasteiger partial charge in [-0.3, -0.25) is 0 Å². The Bertz CT molecular complexity index is 175. The molecule has 0 aromatic carbocycles. The first-order valence-corrected chi connectivity index (χ1v) is 7.12. The number of rotatable bonds is 9. The van der Waals surface area contributed by atoms with Gasteiger partial charge >= 0.3 is 0 Å². The molecule has 0 unspecified atom stereocenters. The number of hydrogen-bond acceptors (Lipinski definition) is 2. The lowest BCUT2D eigenvalue weighted by molar-refractivity contribution is 0.139. The monoisotopic (exact) mass is 226 g/mol. The summed E-state index contributed by atoms with van der Waals surface area (Å²) in [6.45, 7) is 11.5. The first kappa shape index (κ1) is 14.0. The van der Waals surface area contributed by atoms with E-state index < -0.39 is 0 Å². The van der Waals surface area contributed by atoms with Crippen LogP contribution in [0.1, 0.15) is 52.9 Å². The second kappa shape index (κ2) is 6.61. The zero-order valence-electron chi connectivity index (χ0n) is 11.5. The third-order valence-electron chi connectivity index (χ3n) is 4.25. The molecule has 1 aliphatic carbocycles. The first-order chi connectivity index (χ1) is 7.69. The molecule has 0 heterocycles. The van der Waals surface area contributed by atoms with E-state index in [1.54, 1.807) is 0 Å². The van der Waals surface area contributed by atoms with E-state index in [4.69, 9.17) is 5.73 Å². The lowest BCUT2D eigenvalue weighted by Gasteiger charge is -2.36. The molecule has 2 heteroatoms. The summed E-state index contributed by atoms with van der Waals surface area (Å²) in [7, 11) is 0.